The number of carbonyl (C=O) groups excluding carboxylic acids is 1. The highest BCUT2D eigenvalue weighted by atomic mass is 16.5. The van der Waals surface area contributed by atoms with Crippen molar-refractivity contribution in [3.05, 3.63) is 29.3 Å². The van der Waals surface area contributed by atoms with Crippen molar-refractivity contribution < 1.29 is 14.3 Å². The number of esters is 1. The maximum atomic E-state index is 12.2. The molecule has 0 unspecified atom stereocenters. The molecule has 1 N–H and O–H groups in total. The summed E-state index contributed by atoms with van der Waals surface area (Å²) in [6.07, 6.45) is 7.65. The molecule has 0 aromatic heterocycles. The highest BCUT2D eigenvalue weighted by molar-refractivity contribution is 5.73. The molecule has 4 nitrogen and oxygen atoms in total. The fraction of sp³-hybridized carbons (Fsp3) is 0.696. The standard InChI is InChI=1S/C23H31NO3/c1-13(23(25)26-2)22(15-4-5-15)16-6-3-14-7-8-20(27-21(14)10-16)19-11-18-9-17(19)12-24-18/h3,6,10,13,15,17-20,22,24H,4-5,7-9,11-12H2,1-2H3/t13-,17-,18-,19-,20-,22+/m1/s1. The first kappa shape index (κ1) is 17.5. The van der Waals surface area contributed by atoms with Gasteiger partial charge >= 0.3 is 5.97 Å². The van der Waals surface area contributed by atoms with E-state index in [1.54, 1.807) is 0 Å². The molecule has 4 heteroatoms. The van der Waals surface area contributed by atoms with Gasteiger partial charge in [0.25, 0.3) is 0 Å². The first-order valence-corrected chi connectivity index (χ1v) is 10.7. The number of piperidine rings is 1. The second-order valence-electron chi connectivity index (χ2n) is 9.24. The highest BCUT2D eigenvalue weighted by Crippen LogP contribution is 2.49. The fourth-order valence-corrected chi connectivity index (χ4v) is 6.01. The van der Waals surface area contributed by atoms with Gasteiger partial charge in [0.1, 0.15) is 11.9 Å². The zero-order chi connectivity index (χ0) is 18.5. The molecular weight excluding hydrogens is 338 g/mol. The van der Waals surface area contributed by atoms with E-state index in [-0.39, 0.29) is 17.8 Å². The Bertz CT molecular complexity index is 728. The van der Waals surface area contributed by atoms with Crippen molar-refractivity contribution in [3.63, 3.8) is 0 Å². The molecule has 2 saturated carbocycles. The molecule has 6 atom stereocenters. The molecule has 4 aliphatic rings. The summed E-state index contributed by atoms with van der Waals surface area (Å²) in [5.74, 6) is 3.23. The van der Waals surface area contributed by atoms with E-state index in [9.17, 15) is 4.79 Å². The molecule has 27 heavy (non-hydrogen) atoms. The first-order chi connectivity index (χ1) is 13.1. The largest absolute Gasteiger partial charge is 0.490 e. The Morgan fingerprint density at radius 3 is 2.78 bits per heavy atom. The van der Waals surface area contributed by atoms with E-state index < -0.39 is 0 Å². The van der Waals surface area contributed by atoms with Gasteiger partial charge in [0.2, 0.25) is 0 Å². The van der Waals surface area contributed by atoms with Crippen LogP contribution >= 0.6 is 0 Å². The lowest BCUT2D eigenvalue weighted by molar-refractivity contribution is -0.145. The molecule has 0 radical (unpaired) electrons. The van der Waals surface area contributed by atoms with Crippen LogP contribution in [0.1, 0.15) is 56.1 Å². The Labute approximate surface area is 162 Å². The Hall–Kier alpha value is -1.55. The van der Waals surface area contributed by atoms with Crippen LogP contribution in [0.4, 0.5) is 0 Å². The summed E-state index contributed by atoms with van der Waals surface area (Å²) in [4.78, 5) is 12.2. The van der Waals surface area contributed by atoms with Crippen LogP contribution in [-0.4, -0.2) is 31.8 Å². The minimum Gasteiger partial charge on any atom is -0.490 e. The van der Waals surface area contributed by atoms with Crippen molar-refractivity contribution in [2.75, 3.05) is 13.7 Å². The van der Waals surface area contributed by atoms with Crippen molar-refractivity contribution in [2.45, 2.75) is 63.5 Å². The Morgan fingerprint density at radius 2 is 2.11 bits per heavy atom. The minimum atomic E-state index is -0.100. The summed E-state index contributed by atoms with van der Waals surface area (Å²) in [6, 6.07) is 7.43. The molecule has 2 aliphatic carbocycles. The predicted molar refractivity (Wildman–Crippen MR) is 104 cm³/mol. The molecule has 0 amide bonds. The Morgan fingerprint density at radius 1 is 1.26 bits per heavy atom. The van der Waals surface area contributed by atoms with E-state index in [2.05, 4.69) is 23.5 Å². The average molecular weight is 370 g/mol. The second kappa shape index (κ2) is 6.80. The van der Waals surface area contributed by atoms with Gasteiger partial charge in [0.15, 0.2) is 0 Å². The Kier molecular flexibility index (Phi) is 4.42. The summed E-state index contributed by atoms with van der Waals surface area (Å²) in [6.45, 7) is 3.18. The minimum absolute atomic E-state index is 0.0992. The van der Waals surface area contributed by atoms with Gasteiger partial charge in [0.05, 0.1) is 13.0 Å². The summed E-state index contributed by atoms with van der Waals surface area (Å²) in [5.41, 5.74) is 2.58. The van der Waals surface area contributed by atoms with Crippen molar-refractivity contribution in [1.29, 1.82) is 0 Å². The SMILES string of the molecule is COC(=O)[C@H](C)[C@H](c1ccc2c(c1)O[C@@H]([C@@H]1C[C@H]3C[C@@H]1CN3)CC2)C1CC1. The second-order valence-corrected chi connectivity index (χ2v) is 9.24. The van der Waals surface area contributed by atoms with Gasteiger partial charge in [-0.2, -0.15) is 0 Å². The van der Waals surface area contributed by atoms with Crippen molar-refractivity contribution in [1.82, 2.24) is 5.32 Å². The monoisotopic (exact) mass is 369 g/mol. The quantitative estimate of drug-likeness (QED) is 0.805. The molecule has 1 saturated heterocycles. The lowest BCUT2D eigenvalue weighted by Crippen LogP contribution is -2.39. The third-order valence-electron chi connectivity index (χ3n) is 7.59. The number of fused-ring (bicyclic) bond motifs is 3. The van der Waals surface area contributed by atoms with Gasteiger partial charge in [-0.25, -0.2) is 0 Å². The number of benzene rings is 1. The maximum Gasteiger partial charge on any atom is 0.309 e. The van der Waals surface area contributed by atoms with Gasteiger partial charge in [0, 0.05) is 12.0 Å². The number of aryl methyl sites for hydroxylation is 1. The van der Waals surface area contributed by atoms with Crippen LogP contribution in [0, 0.1) is 23.7 Å². The van der Waals surface area contributed by atoms with Gasteiger partial charge in [-0.3, -0.25) is 4.79 Å². The summed E-state index contributed by atoms with van der Waals surface area (Å²) >= 11 is 0. The van der Waals surface area contributed by atoms with E-state index in [1.807, 2.05) is 6.92 Å². The molecule has 2 aliphatic heterocycles. The van der Waals surface area contributed by atoms with Gasteiger partial charge in [-0.15, -0.1) is 0 Å². The number of nitrogens with one attached hydrogen (secondary N) is 1. The van der Waals surface area contributed by atoms with E-state index in [4.69, 9.17) is 9.47 Å². The molecule has 0 spiro atoms. The van der Waals surface area contributed by atoms with Crippen LogP contribution in [0.15, 0.2) is 18.2 Å². The lowest BCUT2D eigenvalue weighted by atomic mass is 9.81. The average Bonchev–Trinajstić information content (AvgIpc) is 3.29. The summed E-state index contributed by atoms with van der Waals surface area (Å²) in [5, 5.41) is 3.62. The molecule has 2 heterocycles. The van der Waals surface area contributed by atoms with E-state index in [0.29, 0.717) is 17.9 Å². The number of ether oxygens (including phenoxy) is 2. The normalized spacial score (nSPS) is 33.9. The molecule has 146 valence electrons. The molecule has 1 aromatic carbocycles. The zero-order valence-corrected chi connectivity index (χ0v) is 16.4. The van der Waals surface area contributed by atoms with Crippen LogP contribution < -0.4 is 10.1 Å². The third kappa shape index (κ3) is 3.16. The third-order valence-corrected chi connectivity index (χ3v) is 7.59. The zero-order valence-electron chi connectivity index (χ0n) is 16.4. The highest BCUT2D eigenvalue weighted by Gasteiger charge is 2.45. The van der Waals surface area contributed by atoms with E-state index >= 15 is 0 Å². The number of hydrogen-bond acceptors (Lipinski definition) is 4. The number of carbonyl (C=O) groups is 1. The van der Waals surface area contributed by atoms with Crippen molar-refractivity contribution in [2.24, 2.45) is 23.7 Å². The fourth-order valence-electron chi connectivity index (χ4n) is 6.01. The van der Waals surface area contributed by atoms with Crippen LogP contribution in [0.3, 0.4) is 0 Å². The van der Waals surface area contributed by atoms with Gasteiger partial charge in [-0.05, 0) is 80.0 Å². The van der Waals surface area contributed by atoms with Crippen LogP contribution in [0.25, 0.3) is 0 Å². The number of hydrogen-bond donors (Lipinski definition) is 1. The van der Waals surface area contributed by atoms with E-state index in [0.717, 1.165) is 30.6 Å². The van der Waals surface area contributed by atoms with Crippen LogP contribution in [0.2, 0.25) is 0 Å². The lowest BCUT2D eigenvalue weighted by Gasteiger charge is -2.35. The maximum absolute atomic E-state index is 12.2. The topological polar surface area (TPSA) is 47.6 Å². The predicted octanol–water partition coefficient (Wildman–Crippen LogP) is 3.68. The molecule has 2 bridgehead atoms. The number of methoxy groups -OCH3 is 1. The van der Waals surface area contributed by atoms with Gasteiger partial charge < -0.3 is 14.8 Å². The Balaban J connectivity index is 1.37. The summed E-state index contributed by atoms with van der Waals surface area (Å²) < 4.78 is 11.6. The van der Waals surface area contributed by atoms with Crippen molar-refractivity contribution >= 4 is 5.97 Å². The molecule has 5 rings (SSSR count). The summed E-state index contributed by atoms with van der Waals surface area (Å²) in [7, 11) is 1.49. The van der Waals surface area contributed by atoms with Crippen LogP contribution in [-0.2, 0) is 16.0 Å². The smallest absolute Gasteiger partial charge is 0.309 e. The number of rotatable bonds is 5. The molecule has 3 fully saturated rings. The van der Waals surface area contributed by atoms with Crippen molar-refractivity contribution in [3.8, 4) is 5.75 Å². The first-order valence-electron chi connectivity index (χ1n) is 10.7. The van der Waals surface area contributed by atoms with E-state index in [1.165, 1.54) is 50.5 Å². The molecule has 1 aromatic rings. The van der Waals surface area contributed by atoms with Crippen LogP contribution in [0.5, 0.6) is 5.75 Å². The molecular formula is C23H31NO3. The van der Waals surface area contributed by atoms with Gasteiger partial charge in [-0.1, -0.05) is 19.1 Å².